The fourth-order valence-corrected chi connectivity index (χ4v) is 4.68. The lowest BCUT2D eigenvalue weighted by Gasteiger charge is -2.34. The van der Waals surface area contributed by atoms with Gasteiger partial charge in [0.05, 0.1) is 12.0 Å². The minimum Gasteiger partial charge on any atom is -0.497 e. The quantitative estimate of drug-likeness (QED) is 0.672. The number of nitrogens with zero attached hydrogens (tertiary/aromatic N) is 2. The van der Waals surface area contributed by atoms with Gasteiger partial charge in [-0.3, -0.25) is 4.79 Å². The van der Waals surface area contributed by atoms with Crippen LogP contribution in [0.15, 0.2) is 53.4 Å². The van der Waals surface area contributed by atoms with Gasteiger partial charge in [-0.25, -0.2) is 8.42 Å². The van der Waals surface area contributed by atoms with Crippen molar-refractivity contribution in [2.75, 3.05) is 39.9 Å². The highest BCUT2D eigenvalue weighted by atomic mass is 32.2. The number of hydrogen-bond acceptors (Lipinski definition) is 5. The summed E-state index contributed by atoms with van der Waals surface area (Å²) in [6.07, 6.45) is 0. The molecule has 0 unspecified atom stereocenters. The van der Waals surface area contributed by atoms with Crippen molar-refractivity contribution < 1.29 is 22.7 Å². The Labute approximate surface area is 178 Å². The molecule has 0 bridgehead atoms. The molecule has 0 aromatic heterocycles. The van der Waals surface area contributed by atoms with Crippen molar-refractivity contribution >= 4 is 15.9 Å². The summed E-state index contributed by atoms with van der Waals surface area (Å²) in [4.78, 5) is 14.4. The summed E-state index contributed by atoms with van der Waals surface area (Å²) in [5.74, 6) is 1.47. The first-order valence-corrected chi connectivity index (χ1v) is 11.4. The van der Waals surface area contributed by atoms with Crippen LogP contribution in [0.3, 0.4) is 0 Å². The first-order valence-electron chi connectivity index (χ1n) is 9.96. The number of sulfonamides is 1. The second kappa shape index (κ2) is 9.49. The molecule has 0 saturated carbocycles. The number of ether oxygens (including phenoxy) is 2. The number of methoxy groups -OCH3 is 1. The van der Waals surface area contributed by atoms with E-state index in [1.807, 2.05) is 12.1 Å². The third kappa shape index (κ3) is 5.12. The van der Waals surface area contributed by atoms with E-state index >= 15 is 0 Å². The zero-order valence-corrected chi connectivity index (χ0v) is 18.4. The highest BCUT2D eigenvalue weighted by Crippen LogP contribution is 2.21. The Morgan fingerprint density at radius 3 is 2.03 bits per heavy atom. The first kappa shape index (κ1) is 22.1. The molecule has 1 amide bonds. The molecule has 8 heteroatoms. The number of carbonyl (C=O) groups is 1. The minimum atomic E-state index is -3.56. The molecule has 3 rings (SSSR count). The van der Waals surface area contributed by atoms with Crippen LogP contribution in [0.2, 0.25) is 0 Å². The Balaban J connectivity index is 1.53. The summed E-state index contributed by atoms with van der Waals surface area (Å²) in [7, 11) is -1.98. The summed E-state index contributed by atoms with van der Waals surface area (Å²) < 4.78 is 37.9. The van der Waals surface area contributed by atoms with E-state index in [9.17, 15) is 13.2 Å². The molecule has 0 spiro atoms. The van der Waals surface area contributed by atoms with Gasteiger partial charge in [-0.05, 0) is 47.9 Å². The second-order valence-corrected chi connectivity index (χ2v) is 9.41. The molecule has 1 aliphatic heterocycles. The molecule has 30 heavy (non-hydrogen) atoms. The van der Waals surface area contributed by atoms with Crippen LogP contribution in [0.25, 0.3) is 0 Å². The molecule has 1 heterocycles. The monoisotopic (exact) mass is 432 g/mol. The number of benzene rings is 2. The largest absolute Gasteiger partial charge is 0.497 e. The molecule has 0 aliphatic carbocycles. The van der Waals surface area contributed by atoms with E-state index in [-0.39, 0.29) is 30.5 Å². The zero-order valence-electron chi connectivity index (χ0n) is 17.6. The van der Waals surface area contributed by atoms with Gasteiger partial charge in [0.25, 0.3) is 5.91 Å². The van der Waals surface area contributed by atoms with Gasteiger partial charge in [0.1, 0.15) is 11.5 Å². The molecular weight excluding hydrogens is 404 g/mol. The molecule has 0 N–H and O–H groups in total. The van der Waals surface area contributed by atoms with Crippen LogP contribution in [0, 0.1) is 0 Å². The molecule has 1 fully saturated rings. The number of rotatable bonds is 7. The Kier molecular flexibility index (Phi) is 6.99. The number of piperazine rings is 1. The van der Waals surface area contributed by atoms with Crippen molar-refractivity contribution in [3.8, 4) is 11.5 Å². The molecule has 1 aliphatic rings. The van der Waals surface area contributed by atoms with Gasteiger partial charge in [0.2, 0.25) is 10.0 Å². The Morgan fingerprint density at radius 2 is 1.50 bits per heavy atom. The van der Waals surface area contributed by atoms with Gasteiger partial charge in [-0.15, -0.1) is 0 Å². The predicted octanol–water partition coefficient (Wildman–Crippen LogP) is 2.73. The van der Waals surface area contributed by atoms with Crippen molar-refractivity contribution in [2.24, 2.45) is 0 Å². The number of carbonyl (C=O) groups excluding carboxylic acids is 1. The van der Waals surface area contributed by atoms with Crippen LogP contribution in [-0.2, 0) is 14.8 Å². The molecule has 162 valence electrons. The SMILES string of the molecule is COc1ccc(OCC(=O)N2CCN(S(=O)(=O)c3ccc(C(C)C)cc3)CC2)cc1. The second-order valence-electron chi connectivity index (χ2n) is 7.47. The average Bonchev–Trinajstić information content (AvgIpc) is 2.78. The maximum atomic E-state index is 12.9. The average molecular weight is 433 g/mol. The summed E-state index contributed by atoms with van der Waals surface area (Å²) in [6.45, 7) is 5.26. The van der Waals surface area contributed by atoms with E-state index in [2.05, 4.69) is 13.8 Å². The van der Waals surface area contributed by atoms with E-state index < -0.39 is 10.0 Å². The number of hydrogen-bond donors (Lipinski definition) is 0. The van der Waals surface area contributed by atoms with Crippen molar-refractivity contribution in [2.45, 2.75) is 24.7 Å². The Morgan fingerprint density at radius 1 is 0.933 bits per heavy atom. The van der Waals surface area contributed by atoms with Gasteiger partial charge < -0.3 is 14.4 Å². The minimum absolute atomic E-state index is 0.0876. The van der Waals surface area contributed by atoms with Gasteiger partial charge in [-0.1, -0.05) is 26.0 Å². The molecule has 2 aromatic carbocycles. The molecule has 7 nitrogen and oxygen atoms in total. The molecule has 2 aromatic rings. The Bertz CT molecular complexity index is 948. The maximum absolute atomic E-state index is 12.9. The van der Waals surface area contributed by atoms with Gasteiger partial charge >= 0.3 is 0 Å². The topological polar surface area (TPSA) is 76.2 Å². The normalized spacial score (nSPS) is 15.3. The molecule has 0 radical (unpaired) electrons. The van der Waals surface area contributed by atoms with Crippen molar-refractivity contribution in [3.63, 3.8) is 0 Å². The maximum Gasteiger partial charge on any atom is 0.260 e. The van der Waals surface area contributed by atoms with E-state index in [1.165, 1.54) is 4.31 Å². The third-order valence-electron chi connectivity index (χ3n) is 5.20. The lowest BCUT2D eigenvalue weighted by atomic mass is 10.0. The van der Waals surface area contributed by atoms with E-state index in [0.717, 1.165) is 5.56 Å². The molecular formula is C22H28N2O5S. The van der Waals surface area contributed by atoms with Crippen molar-refractivity contribution in [1.82, 2.24) is 9.21 Å². The van der Waals surface area contributed by atoms with Crippen LogP contribution in [0.4, 0.5) is 0 Å². The summed E-state index contributed by atoms with van der Waals surface area (Å²) in [5, 5.41) is 0. The molecule has 1 saturated heterocycles. The third-order valence-corrected chi connectivity index (χ3v) is 7.11. The Hall–Kier alpha value is -2.58. The number of amides is 1. The molecule has 0 atom stereocenters. The van der Waals surface area contributed by atoms with Crippen LogP contribution >= 0.6 is 0 Å². The summed E-state index contributed by atoms with van der Waals surface area (Å²) in [5.41, 5.74) is 1.10. The van der Waals surface area contributed by atoms with Crippen LogP contribution < -0.4 is 9.47 Å². The van der Waals surface area contributed by atoms with Crippen LogP contribution in [0.1, 0.15) is 25.3 Å². The van der Waals surface area contributed by atoms with Crippen LogP contribution in [0.5, 0.6) is 11.5 Å². The van der Waals surface area contributed by atoms with E-state index in [4.69, 9.17) is 9.47 Å². The van der Waals surface area contributed by atoms with Gasteiger partial charge in [0, 0.05) is 26.2 Å². The lowest BCUT2D eigenvalue weighted by molar-refractivity contribution is -0.134. The summed E-state index contributed by atoms with van der Waals surface area (Å²) >= 11 is 0. The first-order chi connectivity index (χ1) is 14.3. The van der Waals surface area contributed by atoms with E-state index in [0.29, 0.717) is 30.5 Å². The van der Waals surface area contributed by atoms with Crippen LogP contribution in [-0.4, -0.2) is 63.4 Å². The van der Waals surface area contributed by atoms with Crippen molar-refractivity contribution in [1.29, 1.82) is 0 Å². The van der Waals surface area contributed by atoms with Gasteiger partial charge in [0.15, 0.2) is 6.61 Å². The highest BCUT2D eigenvalue weighted by molar-refractivity contribution is 7.89. The zero-order chi connectivity index (χ0) is 21.7. The smallest absolute Gasteiger partial charge is 0.260 e. The van der Waals surface area contributed by atoms with Gasteiger partial charge in [-0.2, -0.15) is 4.31 Å². The standard InChI is InChI=1S/C22H28N2O5S/c1-17(2)18-4-10-21(11-5-18)30(26,27)24-14-12-23(13-15-24)22(25)16-29-20-8-6-19(28-3)7-9-20/h4-11,17H,12-16H2,1-3H3. The van der Waals surface area contributed by atoms with E-state index in [1.54, 1.807) is 48.4 Å². The predicted molar refractivity (Wildman–Crippen MR) is 114 cm³/mol. The van der Waals surface area contributed by atoms with Crippen molar-refractivity contribution in [3.05, 3.63) is 54.1 Å². The fraction of sp³-hybridized carbons (Fsp3) is 0.409. The lowest BCUT2D eigenvalue weighted by Crippen LogP contribution is -2.51. The fourth-order valence-electron chi connectivity index (χ4n) is 3.26. The highest BCUT2D eigenvalue weighted by Gasteiger charge is 2.30. The summed E-state index contributed by atoms with van der Waals surface area (Å²) in [6, 6.07) is 14.0.